The van der Waals surface area contributed by atoms with Gasteiger partial charge in [0.15, 0.2) is 11.4 Å². The number of carboxylic acids is 1. The summed E-state index contributed by atoms with van der Waals surface area (Å²) in [5.74, 6) is -2.63. The Morgan fingerprint density at radius 1 is 1.35 bits per heavy atom. The van der Waals surface area contributed by atoms with Gasteiger partial charge in [0, 0.05) is 5.56 Å². The van der Waals surface area contributed by atoms with E-state index in [-0.39, 0.29) is 5.56 Å². The summed E-state index contributed by atoms with van der Waals surface area (Å²) in [6.07, 6.45) is 0.0235. The smallest absolute Gasteiger partial charge is 0.338 e. The molecule has 1 heterocycles. The molecule has 1 N–H and O–H groups in total. The van der Waals surface area contributed by atoms with Crippen LogP contribution in [-0.2, 0) is 14.3 Å². The van der Waals surface area contributed by atoms with Crippen LogP contribution in [0, 0.1) is 5.82 Å². The summed E-state index contributed by atoms with van der Waals surface area (Å²) in [7, 11) is 0. The molecule has 2 rings (SSSR count). The molecule has 0 spiro atoms. The van der Waals surface area contributed by atoms with E-state index >= 15 is 0 Å². The quantitative estimate of drug-likeness (QED) is 0.920. The summed E-state index contributed by atoms with van der Waals surface area (Å²) < 4.78 is 25.6. The van der Waals surface area contributed by atoms with Gasteiger partial charge in [0.1, 0.15) is 11.9 Å². The van der Waals surface area contributed by atoms with Crippen molar-refractivity contribution < 1.29 is 23.8 Å². The molecule has 20 heavy (non-hydrogen) atoms. The van der Waals surface area contributed by atoms with Crippen LogP contribution in [0.3, 0.4) is 0 Å². The first-order valence-electron chi connectivity index (χ1n) is 6.74. The van der Waals surface area contributed by atoms with Gasteiger partial charge < -0.3 is 14.6 Å². The zero-order chi connectivity index (χ0) is 15.0. The highest BCUT2D eigenvalue weighted by molar-refractivity contribution is 5.78. The van der Waals surface area contributed by atoms with E-state index < -0.39 is 29.3 Å². The number of ether oxygens (including phenoxy) is 2. The number of rotatable bonds is 4. The van der Waals surface area contributed by atoms with Crippen molar-refractivity contribution in [3.05, 3.63) is 35.6 Å². The van der Waals surface area contributed by atoms with Crippen molar-refractivity contribution in [3.8, 4) is 0 Å². The molecule has 0 unspecified atom stereocenters. The minimum absolute atomic E-state index is 0.209. The van der Waals surface area contributed by atoms with Crippen molar-refractivity contribution in [1.29, 1.82) is 0 Å². The van der Waals surface area contributed by atoms with Gasteiger partial charge in [0.05, 0.1) is 0 Å². The molecule has 1 aromatic carbocycles. The van der Waals surface area contributed by atoms with Gasteiger partial charge in [-0.3, -0.25) is 0 Å². The Hall–Kier alpha value is -1.46. The summed E-state index contributed by atoms with van der Waals surface area (Å²) in [4.78, 5) is 11.6. The molecule has 1 aromatic rings. The van der Waals surface area contributed by atoms with Crippen LogP contribution in [0.4, 0.5) is 4.39 Å². The van der Waals surface area contributed by atoms with Gasteiger partial charge in [-0.25, -0.2) is 9.18 Å². The van der Waals surface area contributed by atoms with Crippen LogP contribution >= 0.6 is 0 Å². The average molecular weight is 282 g/mol. The molecule has 1 saturated heterocycles. The molecule has 0 aromatic heterocycles. The van der Waals surface area contributed by atoms with E-state index in [9.17, 15) is 14.3 Å². The Kier molecular flexibility index (Phi) is 3.84. The Morgan fingerprint density at radius 3 is 2.45 bits per heavy atom. The minimum Gasteiger partial charge on any atom is -0.479 e. The fraction of sp³-hybridized carbons (Fsp3) is 0.533. The number of hydrogen-bond donors (Lipinski definition) is 1. The van der Waals surface area contributed by atoms with Crippen LogP contribution in [0.5, 0.6) is 0 Å². The zero-order valence-corrected chi connectivity index (χ0v) is 11.9. The molecule has 1 aliphatic heterocycles. The topological polar surface area (TPSA) is 55.8 Å². The standard InChI is InChI=1S/C15H19FO4/c1-4-15(5-2)19-12(14(3,20-15)13(17)18)10-8-6-7-9-11(10)16/h6-9,12H,4-5H2,1-3H3,(H,17,18)/t12-,14+/m1/s1. The third kappa shape index (κ3) is 2.21. The van der Waals surface area contributed by atoms with E-state index in [1.165, 1.54) is 19.1 Å². The van der Waals surface area contributed by atoms with Gasteiger partial charge in [0.2, 0.25) is 0 Å². The lowest BCUT2D eigenvalue weighted by molar-refractivity contribution is -0.200. The lowest BCUT2D eigenvalue weighted by atomic mass is 9.93. The normalized spacial score (nSPS) is 28.5. The Morgan fingerprint density at radius 2 is 1.95 bits per heavy atom. The SMILES string of the molecule is CCC1(CC)O[C@H](c2ccccc2F)[C@@](C)(C(=O)O)O1. The van der Waals surface area contributed by atoms with Crippen molar-refractivity contribution in [3.63, 3.8) is 0 Å². The predicted molar refractivity (Wildman–Crippen MR) is 70.7 cm³/mol. The Balaban J connectivity index is 2.50. The van der Waals surface area contributed by atoms with Crippen LogP contribution in [0.25, 0.3) is 0 Å². The van der Waals surface area contributed by atoms with Gasteiger partial charge in [-0.15, -0.1) is 0 Å². The first-order chi connectivity index (χ1) is 9.38. The highest BCUT2D eigenvalue weighted by Crippen LogP contribution is 2.49. The molecule has 0 radical (unpaired) electrons. The number of carbonyl (C=O) groups is 1. The van der Waals surface area contributed by atoms with E-state index in [4.69, 9.17) is 9.47 Å². The fourth-order valence-corrected chi connectivity index (χ4v) is 2.56. The van der Waals surface area contributed by atoms with Gasteiger partial charge in [0.25, 0.3) is 0 Å². The Labute approximate surface area is 117 Å². The summed E-state index contributed by atoms with van der Waals surface area (Å²) in [6.45, 7) is 5.14. The average Bonchev–Trinajstić information content (AvgIpc) is 2.75. The molecule has 1 aliphatic rings. The minimum atomic E-state index is -1.60. The van der Waals surface area contributed by atoms with Crippen LogP contribution in [0.15, 0.2) is 24.3 Å². The largest absolute Gasteiger partial charge is 0.479 e. The fourth-order valence-electron chi connectivity index (χ4n) is 2.56. The van der Waals surface area contributed by atoms with Crippen molar-refractivity contribution in [1.82, 2.24) is 0 Å². The van der Waals surface area contributed by atoms with Crippen molar-refractivity contribution in [2.45, 2.75) is 51.1 Å². The predicted octanol–water partition coefficient (Wildman–Crippen LogP) is 3.27. The van der Waals surface area contributed by atoms with Gasteiger partial charge in [-0.1, -0.05) is 32.0 Å². The molecule has 0 bridgehead atoms. The molecule has 0 amide bonds. The molecule has 1 fully saturated rings. The van der Waals surface area contributed by atoms with E-state index in [1.54, 1.807) is 12.1 Å². The zero-order valence-electron chi connectivity index (χ0n) is 11.9. The first kappa shape index (κ1) is 14.9. The van der Waals surface area contributed by atoms with Gasteiger partial charge in [-0.2, -0.15) is 0 Å². The van der Waals surface area contributed by atoms with Crippen molar-refractivity contribution in [2.75, 3.05) is 0 Å². The summed E-state index contributed by atoms with van der Waals surface area (Å²) in [5.41, 5.74) is -1.39. The maximum Gasteiger partial charge on any atom is 0.338 e. The van der Waals surface area contributed by atoms with Gasteiger partial charge in [-0.05, 0) is 25.8 Å². The number of benzene rings is 1. The van der Waals surface area contributed by atoms with Crippen LogP contribution in [-0.4, -0.2) is 22.5 Å². The second-order valence-electron chi connectivity index (χ2n) is 5.15. The molecule has 5 heteroatoms. The molecular formula is C15H19FO4. The summed E-state index contributed by atoms with van der Waals surface area (Å²) in [6, 6.07) is 6.03. The summed E-state index contributed by atoms with van der Waals surface area (Å²) in [5, 5.41) is 9.49. The molecule has 2 atom stereocenters. The van der Waals surface area contributed by atoms with Crippen LogP contribution in [0.1, 0.15) is 45.3 Å². The van der Waals surface area contributed by atoms with E-state index in [2.05, 4.69) is 0 Å². The number of aliphatic carboxylic acids is 1. The molecule has 4 nitrogen and oxygen atoms in total. The molecule has 0 saturated carbocycles. The number of halogens is 1. The number of carboxylic acid groups (broad SMARTS) is 1. The van der Waals surface area contributed by atoms with Crippen LogP contribution in [0.2, 0.25) is 0 Å². The molecular weight excluding hydrogens is 263 g/mol. The Bertz CT molecular complexity index is 512. The maximum atomic E-state index is 14.0. The van der Waals surface area contributed by atoms with E-state index in [0.717, 1.165) is 0 Å². The lowest BCUT2D eigenvalue weighted by Gasteiger charge is -2.26. The van der Waals surface area contributed by atoms with Crippen LogP contribution < -0.4 is 0 Å². The highest BCUT2D eigenvalue weighted by atomic mass is 19.1. The first-order valence-corrected chi connectivity index (χ1v) is 6.74. The van der Waals surface area contributed by atoms with Gasteiger partial charge >= 0.3 is 5.97 Å². The second kappa shape index (κ2) is 5.14. The number of hydrogen-bond acceptors (Lipinski definition) is 3. The monoisotopic (exact) mass is 282 g/mol. The second-order valence-corrected chi connectivity index (χ2v) is 5.15. The lowest BCUT2D eigenvalue weighted by Crippen LogP contribution is -2.42. The molecule has 110 valence electrons. The highest BCUT2D eigenvalue weighted by Gasteiger charge is 2.58. The van der Waals surface area contributed by atoms with E-state index in [0.29, 0.717) is 12.8 Å². The third-order valence-electron chi connectivity index (χ3n) is 3.92. The van der Waals surface area contributed by atoms with E-state index in [1.807, 2.05) is 13.8 Å². The molecule has 0 aliphatic carbocycles. The van der Waals surface area contributed by atoms with Crippen molar-refractivity contribution >= 4 is 5.97 Å². The van der Waals surface area contributed by atoms with Crippen molar-refractivity contribution in [2.24, 2.45) is 0 Å². The maximum absolute atomic E-state index is 14.0. The summed E-state index contributed by atoms with van der Waals surface area (Å²) >= 11 is 0. The third-order valence-corrected chi connectivity index (χ3v) is 3.92.